The lowest BCUT2D eigenvalue weighted by molar-refractivity contribution is -0.132. The molecule has 0 aliphatic heterocycles. The van der Waals surface area contributed by atoms with Gasteiger partial charge in [0.1, 0.15) is 0 Å². The summed E-state index contributed by atoms with van der Waals surface area (Å²) in [6.45, 7) is 2.95. The maximum absolute atomic E-state index is 10.1. The van der Waals surface area contributed by atoms with E-state index < -0.39 is 12.1 Å². The number of aliphatic hydroxyl groups is 1. The molecule has 0 amide bonds. The molecule has 0 radical (unpaired) electrons. The molecule has 52 valence electrons. The van der Waals surface area contributed by atoms with Crippen LogP contribution in [0.1, 0.15) is 13.8 Å². The molecular weight excluding hydrogens is 120 g/mol. The SMILES string of the molecule is C/C(=C/C(C)O)C(=O)O. The summed E-state index contributed by atoms with van der Waals surface area (Å²) in [6, 6.07) is 0. The molecule has 3 heteroatoms. The molecule has 9 heavy (non-hydrogen) atoms. The summed E-state index contributed by atoms with van der Waals surface area (Å²) in [6.07, 6.45) is 0.601. The molecule has 0 aromatic rings. The summed E-state index contributed by atoms with van der Waals surface area (Å²) >= 11 is 0. The van der Waals surface area contributed by atoms with Crippen LogP contribution in [0.15, 0.2) is 11.6 Å². The number of aliphatic hydroxyl groups excluding tert-OH is 1. The zero-order valence-corrected chi connectivity index (χ0v) is 5.46. The first-order valence-corrected chi connectivity index (χ1v) is 2.64. The summed E-state index contributed by atoms with van der Waals surface area (Å²) in [4.78, 5) is 10.1. The fourth-order valence-corrected chi connectivity index (χ4v) is 0.433. The molecule has 0 bridgehead atoms. The van der Waals surface area contributed by atoms with E-state index in [9.17, 15) is 4.79 Å². The smallest absolute Gasteiger partial charge is 0.331 e. The molecule has 0 rings (SSSR count). The van der Waals surface area contributed by atoms with E-state index in [0.717, 1.165) is 0 Å². The van der Waals surface area contributed by atoms with E-state index in [-0.39, 0.29) is 5.57 Å². The molecule has 2 N–H and O–H groups in total. The third-order valence-corrected chi connectivity index (χ3v) is 0.829. The minimum atomic E-state index is -0.990. The second kappa shape index (κ2) is 3.25. The fourth-order valence-electron chi connectivity index (χ4n) is 0.433. The second-order valence-electron chi connectivity index (χ2n) is 1.90. The van der Waals surface area contributed by atoms with E-state index in [1.807, 2.05) is 0 Å². The van der Waals surface area contributed by atoms with Crippen LogP contribution < -0.4 is 0 Å². The van der Waals surface area contributed by atoms with E-state index in [0.29, 0.717) is 0 Å². The number of aliphatic carboxylic acids is 1. The van der Waals surface area contributed by atoms with Crippen molar-refractivity contribution in [3.8, 4) is 0 Å². The van der Waals surface area contributed by atoms with E-state index in [1.165, 1.54) is 19.9 Å². The molecule has 0 fully saturated rings. The Balaban J connectivity index is 4.00. The second-order valence-corrected chi connectivity index (χ2v) is 1.90. The van der Waals surface area contributed by atoms with Crippen molar-refractivity contribution in [3.05, 3.63) is 11.6 Å². The van der Waals surface area contributed by atoms with Crippen LogP contribution in [0.2, 0.25) is 0 Å². The van der Waals surface area contributed by atoms with E-state index >= 15 is 0 Å². The number of rotatable bonds is 2. The molecule has 0 saturated heterocycles. The Bertz CT molecular complexity index is 135. The highest BCUT2D eigenvalue weighted by Gasteiger charge is 1.99. The largest absolute Gasteiger partial charge is 0.478 e. The summed E-state index contributed by atoms with van der Waals surface area (Å²) in [5.74, 6) is -0.990. The van der Waals surface area contributed by atoms with Gasteiger partial charge in [0.05, 0.1) is 6.10 Å². The van der Waals surface area contributed by atoms with Gasteiger partial charge >= 0.3 is 5.97 Å². The van der Waals surface area contributed by atoms with Crippen molar-refractivity contribution in [2.75, 3.05) is 0 Å². The highest BCUT2D eigenvalue weighted by atomic mass is 16.4. The van der Waals surface area contributed by atoms with Crippen molar-refractivity contribution in [2.24, 2.45) is 0 Å². The number of carbonyl (C=O) groups is 1. The van der Waals surface area contributed by atoms with Crippen LogP contribution in [0.25, 0.3) is 0 Å². The van der Waals surface area contributed by atoms with Crippen molar-refractivity contribution in [1.29, 1.82) is 0 Å². The van der Waals surface area contributed by atoms with Gasteiger partial charge in [-0.05, 0) is 19.9 Å². The van der Waals surface area contributed by atoms with Crippen LogP contribution in [0.3, 0.4) is 0 Å². The predicted octanol–water partition coefficient (Wildman–Crippen LogP) is 0.398. The number of hydrogen-bond donors (Lipinski definition) is 2. The maximum atomic E-state index is 10.1. The lowest BCUT2D eigenvalue weighted by atomic mass is 10.2. The highest BCUT2D eigenvalue weighted by molar-refractivity contribution is 5.85. The van der Waals surface area contributed by atoms with E-state index in [2.05, 4.69) is 0 Å². The molecule has 3 nitrogen and oxygen atoms in total. The zero-order valence-electron chi connectivity index (χ0n) is 5.46. The molecular formula is C6H10O3. The summed E-state index contributed by atoms with van der Waals surface area (Å²) < 4.78 is 0. The topological polar surface area (TPSA) is 57.5 Å². The van der Waals surface area contributed by atoms with E-state index in [4.69, 9.17) is 10.2 Å². The Morgan fingerprint density at radius 2 is 2.11 bits per heavy atom. The van der Waals surface area contributed by atoms with Crippen molar-refractivity contribution in [1.82, 2.24) is 0 Å². The van der Waals surface area contributed by atoms with Crippen molar-refractivity contribution < 1.29 is 15.0 Å². The minimum Gasteiger partial charge on any atom is -0.478 e. The third kappa shape index (κ3) is 3.73. The maximum Gasteiger partial charge on any atom is 0.331 e. The number of carboxylic acid groups (broad SMARTS) is 1. The molecule has 0 aromatic carbocycles. The van der Waals surface area contributed by atoms with Gasteiger partial charge in [0.25, 0.3) is 0 Å². The van der Waals surface area contributed by atoms with Gasteiger partial charge in [0, 0.05) is 5.57 Å². The Morgan fingerprint density at radius 1 is 1.67 bits per heavy atom. The van der Waals surface area contributed by atoms with Crippen molar-refractivity contribution in [2.45, 2.75) is 20.0 Å². The van der Waals surface area contributed by atoms with Crippen molar-refractivity contribution in [3.63, 3.8) is 0 Å². The van der Waals surface area contributed by atoms with Gasteiger partial charge in [-0.15, -0.1) is 0 Å². The first-order chi connectivity index (χ1) is 4.04. The normalized spacial score (nSPS) is 15.2. The molecule has 0 aromatic heterocycles. The Labute approximate surface area is 53.6 Å². The van der Waals surface area contributed by atoms with Crippen molar-refractivity contribution >= 4 is 5.97 Å². The van der Waals surface area contributed by atoms with Crippen LogP contribution >= 0.6 is 0 Å². The molecule has 0 aliphatic carbocycles. The molecule has 1 atom stereocenters. The summed E-state index contributed by atoms with van der Waals surface area (Å²) in [5, 5.41) is 16.9. The standard InChI is InChI=1S/C6H10O3/c1-4(6(8)9)3-5(2)7/h3,5,7H,1-2H3,(H,8,9)/b4-3-. The van der Waals surface area contributed by atoms with Crippen LogP contribution in [0.4, 0.5) is 0 Å². The van der Waals surface area contributed by atoms with Gasteiger partial charge in [-0.3, -0.25) is 0 Å². The molecule has 0 aliphatic rings. The lowest BCUT2D eigenvalue weighted by Crippen LogP contribution is -2.01. The molecule has 0 spiro atoms. The van der Waals surface area contributed by atoms with Gasteiger partial charge in [0.15, 0.2) is 0 Å². The van der Waals surface area contributed by atoms with Gasteiger partial charge < -0.3 is 10.2 Å². The minimum absolute atomic E-state index is 0.171. The van der Waals surface area contributed by atoms with Gasteiger partial charge in [-0.1, -0.05) is 0 Å². The number of carboxylic acids is 1. The van der Waals surface area contributed by atoms with E-state index in [1.54, 1.807) is 0 Å². The Kier molecular flexibility index (Phi) is 2.95. The predicted molar refractivity (Wildman–Crippen MR) is 33.1 cm³/mol. The van der Waals surface area contributed by atoms with Gasteiger partial charge in [-0.25, -0.2) is 4.79 Å². The quantitative estimate of drug-likeness (QED) is 0.532. The summed E-state index contributed by atoms with van der Waals surface area (Å²) in [7, 11) is 0. The third-order valence-electron chi connectivity index (χ3n) is 0.829. The average Bonchev–Trinajstić information content (AvgIpc) is 1.63. The summed E-state index contributed by atoms with van der Waals surface area (Å²) in [5.41, 5.74) is 0.171. The van der Waals surface area contributed by atoms with Crippen LogP contribution in [-0.4, -0.2) is 22.3 Å². The molecule has 0 heterocycles. The zero-order chi connectivity index (χ0) is 7.44. The van der Waals surface area contributed by atoms with Gasteiger partial charge in [0.2, 0.25) is 0 Å². The van der Waals surface area contributed by atoms with Crippen LogP contribution in [0, 0.1) is 0 Å². The Hall–Kier alpha value is -0.830. The molecule has 0 saturated carbocycles. The average molecular weight is 130 g/mol. The van der Waals surface area contributed by atoms with Crippen LogP contribution in [0.5, 0.6) is 0 Å². The number of hydrogen-bond acceptors (Lipinski definition) is 2. The lowest BCUT2D eigenvalue weighted by Gasteiger charge is -1.95. The van der Waals surface area contributed by atoms with Gasteiger partial charge in [-0.2, -0.15) is 0 Å². The first-order valence-electron chi connectivity index (χ1n) is 2.64. The highest BCUT2D eigenvalue weighted by Crippen LogP contribution is 1.94. The Morgan fingerprint density at radius 3 is 2.22 bits per heavy atom. The first kappa shape index (κ1) is 8.17. The fraction of sp³-hybridized carbons (Fsp3) is 0.500. The van der Waals surface area contributed by atoms with Crippen LogP contribution in [-0.2, 0) is 4.79 Å². The molecule has 1 unspecified atom stereocenters. The monoisotopic (exact) mass is 130 g/mol.